The number of phenols is 2. The molecule has 2 atom stereocenters. The third kappa shape index (κ3) is 7.03. The van der Waals surface area contributed by atoms with Crippen LogP contribution < -0.4 is 5.32 Å². The van der Waals surface area contributed by atoms with Gasteiger partial charge >= 0.3 is 0 Å². The molecule has 1 heterocycles. The zero-order valence-electron chi connectivity index (χ0n) is 16.4. The topological polar surface area (TPSA) is 93.0 Å². The minimum atomic E-state index is -0.943. The zero-order valence-corrected chi connectivity index (χ0v) is 16.4. The second-order valence-electron chi connectivity index (χ2n) is 7.54. The quantitative estimate of drug-likeness (QED) is 0.351. The summed E-state index contributed by atoms with van der Waals surface area (Å²) in [4.78, 5) is 14.6. The number of nitrogens with one attached hydrogen (secondary N) is 1. The molecule has 6 nitrogen and oxygen atoms in total. The van der Waals surface area contributed by atoms with Gasteiger partial charge in [-0.15, -0.1) is 0 Å². The van der Waals surface area contributed by atoms with Crippen molar-refractivity contribution in [2.45, 2.75) is 70.4 Å². The van der Waals surface area contributed by atoms with E-state index in [2.05, 4.69) is 17.1 Å². The largest absolute Gasteiger partial charge is 0.504 e. The second kappa shape index (κ2) is 11.1. The monoisotopic (exact) mass is 378 g/mol. The zero-order chi connectivity index (χ0) is 19.6. The first-order valence-electron chi connectivity index (χ1n) is 10.2. The number of benzene rings is 1. The van der Waals surface area contributed by atoms with Crippen LogP contribution in [0.3, 0.4) is 0 Å². The summed E-state index contributed by atoms with van der Waals surface area (Å²) in [7, 11) is 0. The van der Waals surface area contributed by atoms with Crippen molar-refractivity contribution >= 4 is 5.91 Å². The van der Waals surface area contributed by atoms with Gasteiger partial charge in [0.1, 0.15) is 6.10 Å². The molecule has 6 heteroatoms. The van der Waals surface area contributed by atoms with Crippen molar-refractivity contribution < 1.29 is 20.1 Å². The molecule has 0 spiro atoms. The maximum atomic E-state index is 12.4. The highest BCUT2D eigenvalue weighted by atomic mass is 16.3. The van der Waals surface area contributed by atoms with Gasteiger partial charge in [-0.05, 0) is 50.0 Å². The fourth-order valence-electron chi connectivity index (χ4n) is 3.59. The number of hydrogen-bond acceptors (Lipinski definition) is 5. The Kier molecular flexibility index (Phi) is 8.88. The molecule has 0 radical (unpaired) electrons. The van der Waals surface area contributed by atoms with Crippen molar-refractivity contribution in [3.63, 3.8) is 0 Å². The number of likely N-dealkylation sites (tertiary alicyclic amines) is 1. The summed E-state index contributed by atoms with van der Waals surface area (Å²) in [6.07, 6.45) is 7.22. The van der Waals surface area contributed by atoms with Crippen molar-refractivity contribution in [2.75, 3.05) is 19.6 Å². The number of aromatic hydroxyl groups is 2. The van der Waals surface area contributed by atoms with E-state index in [1.165, 1.54) is 25.0 Å². The van der Waals surface area contributed by atoms with E-state index in [0.29, 0.717) is 18.5 Å². The number of aliphatic hydroxyl groups excluding tert-OH is 1. The van der Waals surface area contributed by atoms with Crippen molar-refractivity contribution in [3.8, 4) is 11.5 Å². The summed E-state index contributed by atoms with van der Waals surface area (Å²) >= 11 is 0. The molecule has 1 aromatic carbocycles. The third-order valence-corrected chi connectivity index (χ3v) is 5.23. The van der Waals surface area contributed by atoms with E-state index in [1.807, 2.05) is 0 Å². The van der Waals surface area contributed by atoms with E-state index in [0.717, 1.165) is 45.2 Å². The lowest BCUT2D eigenvalue weighted by molar-refractivity contribution is -0.123. The molecule has 1 aromatic rings. The van der Waals surface area contributed by atoms with Crippen LogP contribution in [0.5, 0.6) is 11.5 Å². The number of carbonyl (C=O) groups is 1. The SMILES string of the molecule is CCCCCCCC(=O)N[C@H](CN1CCCC1)[C@H](O)c1ccc(O)c(O)c1. The second-order valence-corrected chi connectivity index (χ2v) is 7.54. The maximum absolute atomic E-state index is 12.4. The molecule has 27 heavy (non-hydrogen) atoms. The van der Waals surface area contributed by atoms with E-state index < -0.39 is 12.1 Å². The molecular weight excluding hydrogens is 344 g/mol. The Labute approximate surface area is 162 Å². The van der Waals surface area contributed by atoms with E-state index in [9.17, 15) is 20.1 Å². The summed E-state index contributed by atoms with van der Waals surface area (Å²) in [5.41, 5.74) is 0.484. The van der Waals surface area contributed by atoms with Gasteiger partial charge in [0, 0.05) is 13.0 Å². The van der Waals surface area contributed by atoms with Crippen LogP contribution in [0.25, 0.3) is 0 Å². The normalized spacial score (nSPS) is 17.0. The minimum absolute atomic E-state index is 0.0438. The van der Waals surface area contributed by atoms with Crippen LogP contribution in [0.1, 0.15) is 70.0 Å². The van der Waals surface area contributed by atoms with E-state index in [4.69, 9.17) is 0 Å². The molecule has 1 amide bonds. The lowest BCUT2D eigenvalue weighted by Gasteiger charge is -2.29. The van der Waals surface area contributed by atoms with Crippen LogP contribution in [0.15, 0.2) is 18.2 Å². The van der Waals surface area contributed by atoms with Crippen LogP contribution in [0.4, 0.5) is 0 Å². The Morgan fingerprint density at radius 1 is 1.11 bits per heavy atom. The predicted octanol–water partition coefficient (Wildman–Crippen LogP) is 3.07. The van der Waals surface area contributed by atoms with Gasteiger partial charge in [0.05, 0.1) is 6.04 Å². The van der Waals surface area contributed by atoms with Gasteiger partial charge in [0.25, 0.3) is 0 Å². The highest BCUT2D eigenvalue weighted by molar-refractivity contribution is 5.76. The number of amides is 1. The Bertz CT molecular complexity index is 588. The molecular formula is C21H34N2O4. The molecule has 4 N–H and O–H groups in total. The number of carbonyl (C=O) groups excluding carboxylic acids is 1. The molecule has 0 aromatic heterocycles. The standard InChI is InChI=1S/C21H34N2O4/c1-2-3-4-5-6-9-20(26)22-17(15-23-12-7-8-13-23)21(27)16-10-11-18(24)19(25)14-16/h10-11,14,17,21,24-25,27H,2-9,12-13,15H2,1H3,(H,22,26)/t17-,21-/m1/s1. The van der Waals surface area contributed by atoms with Crippen molar-refractivity contribution in [1.82, 2.24) is 10.2 Å². The van der Waals surface area contributed by atoms with Crippen molar-refractivity contribution in [1.29, 1.82) is 0 Å². The van der Waals surface area contributed by atoms with Gasteiger partial charge in [-0.3, -0.25) is 4.79 Å². The molecule has 0 saturated carbocycles. The smallest absolute Gasteiger partial charge is 0.220 e. The molecule has 152 valence electrons. The summed E-state index contributed by atoms with van der Waals surface area (Å²) in [5, 5.41) is 33.0. The van der Waals surface area contributed by atoms with Gasteiger partial charge < -0.3 is 25.5 Å². The van der Waals surface area contributed by atoms with Crippen LogP contribution in [-0.2, 0) is 4.79 Å². The maximum Gasteiger partial charge on any atom is 0.220 e. The summed E-state index contributed by atoms with van der Waals surface area (Å²) in [6.45, 7) is 4.68. The number of rotatable bonds is 11. The van der Waals surface area contributed by atoms with Crippen molar-refractivity contribution in [2.24, 2.45) is 0 Å². The number of nitrogens with zero attached hydrogens (tertiary/aromatic N) is 1. The van der Waals surface area contributed by atoms with Gasteiger partial charge in [-0.2, -0.15) is 0 Å². The van der Waals surface area contributed by atoms with Crippen LogP contribution in [0.2, 0.25) is 0 Å². The Morgan fingerprint density at radius 3 is 2.48 bits per heavy atom. The Hall–Kier alpha value is -1.79. The first kappa shape index (κ1) is 21.5. The molecule has 0 unspecified atom stereocenters. The van der Waals surface area contributed by atoms with Crippen molar-refractivity contribution in [3.05, 3.63) is 23.8 Å². The first-order chi connectivity index (χ1) is 13.0. The Balaban J connectivity index is 1.97. The van der Waals surface area contributed by atoms with Gasteiger partial charge in [0.2, 0.25) is 5.91 Å². The van der Waals surface area contributed by atoms with Crippen LogP contribution in [0, 0.1) is 0 Å². The molecule has 1 fully saturated rings. The van der Waals surface area contributed by atoms with Gasteiger partial charge in [0.15, 0.2) is 11.5 Å². The average Bonchev–Trinajstić information content (AvgIpc) is 3.16. The Morgan fingerprint density at radius 2 is 1.81 bits per heavy atom. The average molecular weight is 379 g/mol. The van der Waals surface area contributed by atoms with Crippen LogP contribution in [-0.4, -0.2) is 51.8 Å². The predicted molar refractivity (Wildman–Crippen MR) is 106 cm³/mol. The number of unbranched alkanes of at least 4 members (excludes halogenated alkanes) is 4. The molecule has 0 aliphatic carbocycles. The lowest BCUT2D eigenvalue weighted by atomic mass is 10.0. The fraction of sp³-hybridized carbons (Fsp3) is 0.667. The fourth-order valence-corrected chi connectivity index (χ4v) is 3.59. The summed E-state index contributed by atoms with van der Waals surface area (Å²) in [6, 6.07) is 3.84. The van der Waals surface area contributed by atoms with E-state index >= 15 is 0 Å². The highest BCUT2D eigenvalue weighted by Crippen LogP contribution is 2.29. The highest BCUT2D eigenvalue weighted by Gasteiger charge is 2.27. The van der Waals surface area contributed by atoms with E-state index in [-0.39, 0.29) is 17.4 Å². The molecule has 1 saturated heterocycles. The summed E-state index contributed by atoms with van der Waals surface area (Å²) in [5.74, 6) is -0.537. The number of phenolic OH excluding ortho intramolecular Hbond substituents is 2. The van der Waals surface area contributed by atoms with Crippen LogP contribution >= 0.6 is 0 Å². The number of hydrogen-bond donors (Lipinski definition) is 4. The first-order valence-corrected chi connectivity index (χ1v) is 10.2. The van der Waals surface area contributed by atoms with Gasteiger partial charge in [-0.25, -0.2) is 0 Å². The lowest BCUT2D eigenvalue weighted by Crippen LogP contribution is -2.46. The molecule has 0 bridgehead atoms. The summed E-state index contributed by atoms with van der Waals surface area (Å²) < 4.78 is 0. The van der Waals surface area contributed by atoms with Gasteiger partial charge in [-0.1, -0.05) is 38.7 Å². The third-order valence-electron chi connectivity index (χ3n) is 5.23. The molecule has 2 rings (SSSR count). The molecule has 1 aliphatic heterocycles. The minimum Gasteiger partial charge on any atom is -0.504 e. The van der Waals surface area contributed by atoms with E-state index in [1.54, 1.807) is 6.07 Å². The number of aliphatic hydroxyl groups is 1. The molecule has 1 aliphatic rings.